The molecule has 1 fully saturated rings. The molecule has 2 aromatic rings. The summed E-state index contributed by atoms with van der Waals surface area (Å²) in [5.41, 5.74) is -0.603. The van der Waals surface area contributed by atoms with Crippen molar-refractivity contribution < 1.29 is 46.4 Å². The summed E-state index contributed by atoms with van der Waals surface area (Å²) in [5, 5.41) is 13.9. The van der Waals surface area contributed by atoms with Gasteiger partial charge in [0.1, 0.15) is 18.0 Å². The molecule has 1 aliphatic carbocycles. The first-order valence-corrected chi connectivity index (χ1v) is 9.73. The van der Waals surface area contributed by atoms with E-state index in [0.717, 1.165) is 18.9 Å². The topological polar surface area (TPSA) is 76.0 Å². The molecule has 1 aliphatic heterocycles. The summed E-state index contributed by atoms with van der Waals surface area (Å²) < 4.78 is 79.5. The Morgan fingerprint density at radius 2 is 1.72 bits per heavy atom. The quantitative estimate of drug-likeness (QED) is 0.518. The molecule has 4 rings (SSSR count). The molecule has 0 radical (unpaired) electrons. The maximum absolute atomic E-state index is 14.3. The van der Waals surface area contributed by atoms with Crippen LogP contribution in [0.15, 0.2) is 24.3 Å². The third-order valence-corrected chi connectivity index (χ3v) is 5.07. The molecule has 2 N–H and O–H groups in total. The lowest BCUT2D eigenvalue weighted by Crippen LogP contribution is -2.25. The third-order valence-electron chi connectivity index (χ3n) is 5.07. The van der Waals surface area contributed by atoms with Gasteiger partial charge in [-0.1, -0.05) is 6.07 Å². The molecule has 0 amide bonds. The third kappa shape index (κ3) is 5.41. The van der Waals surface area contributed by atoms with Gasteiger partial charge in [-0.25, -0.2) is 13.6 Å². The summed E-state index contributed by atoms with van der Waals surface area (Å²) >= 11 is 0. The SMILES string of the molecule is CC1(C)Cc2c(C(F)(F)F)ccc(COc3c(F)cc(C4CC4)cc3F)c2O1.O=C(O)O. The van der Waals surface area contributed by atoms with Crippen molar-refractivity contribution in [2.45, 2.75) is 57.4 Å². The van der Waals surface area contributed by atoms with Gasteiger partial charge in [0.15, 0.2) is 17.4 Å². The summed E-state index contributed by atoms with van der Waals surface area (Å²) in [6.07, 6.45) is -4.44. The van der Waals surface area contributed by atoms with E-state index in [0.29, 0.717) is 11.1 Å². The molecule has 1 heterocycles. The number of hydrogen-bond acceptors (Lipinski definition) is 3. The van der Waals surface area contributed by atoms with Crippen molar-refractivity contribution in [2.75, 3.05) is 0 Å². The molecule has 5 nitrogen and oxygen atoms in total. The van der Waals surface area contributed by atoms with Gasteiger partial charge in [-0.05, 0) is 56.4 Å². The number of alkyl halides is 3. The van der Waals surface area contributed by atoms with Gasteiger partial charge in [0.05, 0.1) is 5.56 Å². The van der Waals surface area contributed by atoms with Crippen LogP contribution >= 0.6 is 0 Å². The number of carboxylic acid groups (broad SMARTS) is 2. The van der Waals surface area contributed by atoms with Crippen molar-refractivity contribution in [1.82, 2.24) is 0 Å². The van der Waals surface area contributed by atoms with Crippen LogP contribution in [-0.4, -0.2) is 22.0 Å². The minimum atomic E-state index is -4.51. The van der Waals surface area contributed by atoms with Crippen LogP contribution in [0.3, 0.4) is 0 Å². The van der Waals surface area contributed by atoms with Gasteiger partial charge in [-0.3, -0.25) is 0 Å². The number of fused-ring (bicyclic) bond motifs is 1. The average molecular weight is 460 g/mol. The fourth-order valence-corrected chi connectivity index (χ4v) is 3.62. The van der Waals surface area contributed by atoms with Crippen molar-refractivity contribution in [3.05, 3.63) is 58.2 Å². The Morgan fingerprint density at radius 1 is 1.16 bits per heavy atom. The van der Waals surface area contributed by atoms with Crippen LogP contribution in [0.25, 0.3) is 0 Å². The first-order valence-electron chi connectivity index (χ1n) is 9.73. The van der Waals surface area contributed by atoms with E-state index in [2.05, 4.69) is 0 Å². The molecule has 2 aromatic carbocycles. The Morgan fingerprint density at radius 3 is 2.22 bits per heavy atom. The van der Waals surface area contributed by atoms with Gasteiger partial charge in [0.25, 0.3) is 0 Å². The minimum Gasteiger partial charge on any atom is -0.487 e. The summed E-state index contributed by atoms with van der Waals surface area (Å²) in [6, 6.07) is 4.71. The Balaban J connectivity index is 0.000000668. The highest BCUT2D eigenvalue weighted by molar-refractivity contribution is 5.53. The smallest absolute Gasteiger partial charge is 0.487 e. The van der Waals surface area contributed by atoms with Gasteiger partial charge < -0.3 is 19.7 Å². The standard InChI is InChI=1S/C21H19F5O2.CH2O3/c1-20(2)9-14-15(21(24,25)26)6-5-12(18(14)28-20)10-27-19-16(22)7-13(8-17(19)23)11-3-4-11;2-1(3)4/h5-8,11H,3-4,9-10H2,1-2H3;(H2,2,3,4). The van der Waals surface area contributed by atoms with Crippen molar-refractivity contribution in [1.29, 1.82) is 0 Å². The van der Waals surface area contributed by atoms with Crippen LogP contribution in [0, 0.1) is 11.6 Å². The van der Waals surface area contributed by atoms with Crippen LogP contribution in [-0.2, 0) is 19.2 Å². The highest BCUT2D eigenvalue weighted by Crippen LogP contribution is 2.46. The maximum atomic E-state index is 14.3. The summed E-state index contributed by atoms with van der Waals surface area (Å²) in [4.78, 5) is 8.56. The number of benzene rings is 2. The first kappa shape index (κ1) is 23.6. The molecular formula is C22H21F5O5. The van der Waals surface area contributed by atoms with E-state index < -0.39 is 40.9 Å². The normalized spacial score (nSPS) is 16.5. The largest absolute Gasteiger partial charge is 0.503 e. The van der Waals surface area contributed by atoms with Crippen molar-refractivity contribution in [2.24, 2.45) is 0 Å². The van der Waals surface area contributed by atoms with E-state index in [4.69, 9.17) is 24.5 Å². The zero-order chi connectivity index (χ0) is 23.8. The lowest BCUT2D eigenvalue weighted by Gasteiger charge is -2.18. The molecular weight excluding hydrogens is 439 g/mol. The van der Waals surface area contributed by atoms with Crippen LogP contribution in [0.5, 0.6) is 11.5 Å². The van der Waals surface area contributed by atoms with E-state index >= 15 is 0 Å². The molecule has 0 saturated heterocycles. The number of rotatable bonds is 4. The number of halogens is 5. The zero-order valence-electron chi connectivity index (χ0n) is 17.2. The molecule has 174 valence electrons. The van der Waals surface area contributed by atoms with Crippen molar-refractivity contribution in [3.8, 4) is 11.5 Å². The highest BCUT2D eigenvalue weighted by atomic mass is 19.4. The number of carbonyl (C=O) groups is 1. The molecule has 0 atom stereocenters. The van der Waals surface area contributed by atoms with Crippen LogP contribution in [0.2, 0.25) is 0 Å². The summed E-state index contributed by atoms with van der Waals surface area (Å²) in [6.45, 7) is 3.08. The van der Waals surface area contributed by atoms with Gasteiger partial charge in [0, 0.05) is 17.5 Å². The molecule has 0 aromatic heterocycles. The first-order chi connectivity index (χ1) is 14.8. The van der Waals surface area contributed by atoms with Gasteiger partial charge in [-0.2, -0.15) is 13.2 Å². The van der Waals surface area contributed by atoms with Crippen LogP contribution < -0.4 is 9.47 Å². The Kier molecular flexibility index (Phi) is 6.26. The van der Waals surface area contributed by atoms with E-state index in [9.17, 15) is 22.0 Å². The van der Waals surface area contributed by atoms with Crippen LogP contribution in [0.4, 0.5) is 26.7 Å². The maximum Gasteiger partial charge on any atom is 0.503 e. The molecule has 2 aliphatic rings. The van der Waals surface area contributed by atoms with Gasteiger partial charge in [0.2, 0.25) is 0 Å². The summed E-state index contributed by atoms with van der Waals surface area (Å²) in [5.74, 6) is -1.89. The fraction of sp³-hybridized carbons (Fsp3) is 0.409. The fourth-order valence-electron chi connectivity index (χ4n) is 3.62. The zero-order valence-corrected chi connectivity index (χ0v) is 17.2. The molecule has 10 heteroatoms. The number of hydrogen-bond donors (Lipinski definition) is 2. The Bertz CT molecular complexity index is 1000. The van der Waals surface area contributed by atoms with E-state index in [-0.39, 0.29) is 30.3 Å². The molecule has 0 unspecified atom stereocenters. The van der Waals surface area contributed by atoms with Gasteiger partial charge in [-0.15, -0.1) is 0 Å². The molecule has 1 saturated carbocycles. The lowest BCUT2D eigenvalue weighted by molar-refractivity contribution is -0.138. The van der Waals surface area contributed by atoms with Crippen LogP contribution in [0.1, 0.15) is 54.9 Å². The predicted molar refractivity (Wildman–Crippen MR) is 103 cm³/mol. The lowest BCUT2D eigenvalue weighted by atomic mass is 9.95. The molecule has 32 heavy (non-hydrogen) atoms. The monoisotopic (exact) mass is 460 g/mol. The Hall–Kier alpha value is -3.04. The predicted octanol–water partition coefficient (Wildman–Crippen LogP) is 6.38. The second-order valence-corrected chi connectivity index (χ2v) is 8.28. The van der Waals surface area contributed by atoms with Crippen molar-refractivity contribution in [3.63, 3.8) is 0 Å². The summed E-state index contributed by atoms with van der Waals surface area (Å²) in [7, 11) is 0. The second-order valence-electron chi connectivity index (χ2n) is 8.28. The van der Waals surface area contributed by atoms with Crippen molar-refractivity contribution >= 4 is 6.16 Å². The highest BCUT2D eigenvalue weighted by Gasteiger charge is 2.41. The average Bonchev–Trinajstić information content (AvgIpc) is 3.41. The van der Waals surface area contributed by atoms with Gasteiger partial charge >= 0.3 is 12.3 Å². The molecule has 0 bridgehead atoms. The van der Waals surface area contributed by atoms with E-state index in [1.807, 2.05) is 0 Å². The second kappa shape index (κ2) is 8.48. The number of ether oxygens (including phenoxy) is 2. The molecule has 0 spiro atoms. The minimum absolute atomic E-state index is 0.0450. The Labute approximate surface area is 180 Å². The van der Waals surface area contributed by atoms with E-state index in [1.165, 1.54) is 18.2 Å². The van der Waals surface area contributed by atoms with E-state index in [1.54, 1.807) is 13.8 Å².